The van der Waals surface area contributed by atoms with Crippen molar-refractivity contribution in [2.75, 3.05) is 10.5 Å². The van der Waals surface area contributed by atoms with Gasteiger partial charge in [-0.2, -0.15) is 0 Å². The van der Waals surface area contributed by atoms with Crippen molar-refractivity contribution in [2.45, 2.75) is 44.4 Å². The van der Waals surface area contributed by atoms with E-state index < -0.39 is 15.8 Å². The van der Waals surface area contributed by atoms with E-state index in [1.54, 1.807) is 12.3 Å². The minimum atomic E-state index is -3.74. The molecule has 2 heterocycles. The lowest BCUT2D eigenvalue weighted by Gasteiger charge is -2.09. The zero-order chi connectivity index (χ0) is 22.3. The maximum atomic E-state index is 12.8. The quantitative estimate of drug-likeness (QED) is 0.598. The number of pyridine rings is 2. The molecule has 1 aromatic carbocycles. The van der Waals surface area contributed by atoms with Crippen LogP contribution in [0, 0.1) is 5.82 Å². The molecule has 0 saturated carbocycles. The van der Waals surface area contributed by atoms with Crippen molar-refractivity contribution in [3.05, 3.63) is 77.9 Å². The SMILES string of the molecule is CC(C)c1ccc(N)nc1.CC(C)c1ccc(NS(=O)(=O)c2ccc(F)cc2)nc1. The van der Waals surface area contributed by atoms with Crippen LogP contribution in [0.2, 0.25) is 0 Å². The Labute approximate surface area is 177 Å². The molecular weight excluding hydrogens is 403 g/mol. The Morgan fingerprint density at radius 2 is 1.37 bits per heavy atom. The Kier molecular flexibility index (Phi) is 7.88. The van der Waals surface area contributed by atoms with Gasteiger partial charge in [0.1, 0.15) is 17.5 Å². The summed E-state index contributed by atoms with van der Waals surface area (Å²) in [5, 5.41) is 0. The second kappa shape index (κ2) is 10.2. The zero-order valence-corrected chi connectivity index (χ0v) is 18.3. The molecule has 3 rings (SSSR count). The molecule has 2 aromatic heterocycles. The van der Waals surface area contributed by atoms with Gasteiger partial charge in [0.15, 0.2) is 0 Å². The summed E-state index contributed by atoms with van der Waals surface area (Å²) in [4.78, 5) is 8.04. The number of nitrogen functional groups attached to an aromatic ring is 1. The average Bonchev–Trinajstić information content (AvgIpc) is 2.69. The highest BCUT2D eigenvalue weighted by Gasteiger charge is 2.14. The van der Waals surface area contributed by atoms with Crippen LogP contribution in [0.1, 0.15) is 50.7 Å². The molecule has 30 heavy (non-hydrogen) atoms. The van der Waals surface area contributed by atoms with Crippen molar-refractivity contribution < 1.29 is 12.8 Å². The summed E-state index contributed by atoms with van der Waals surface area (Å²) < 4.78 is 39.3. The fourth-order valence-corrected chi connectivity index (χ4v) is 3.38. The maximum Gasteiger partial charge on any atom is 0.263 e. The van der Waals surface area contributed by atoms with E-state index in [1.165, 1.54) is 17.7 Å². The minimum absolute atomic E-state index is 0.00589. The molecule has 0 bridgehead atoms. The lowest BCUT2D eigenvalue weighted by Crippen LogP contribution is -2.14. The van der Waals surface area contributed by atoms with E-state index in [-0.39, 0.29) is 10.7 Å². The number of sulfonamides is 1. The first-order valence-electron chi connectivity index (χ1n) is 9.54. The molecule has 0 aliphatic rings. The van der Waals surface area contributed by atoms with Crippen LogP contribution >= 0.6 is 0 Å². The van der Waals surface area contributed by atoms with Crippen LogP contribution in [0.15, 0.2) is 65.8 Å². The number of rotatable bonds is 5. The normalized spacial score (nSPS) is 11.2. The largest absolute Gasteiger partial charge is 0.384 e. The second-order valence-electron chi connectivity index (χ2n) is 7.36. The molecule has 0 amide bonds. The minimum Gasteiger partial charge on any atom is -0.384 e. The van der Waals surface area contributed by atoms with Crippen molar-refractivity contribution in [1.82, 2.24) is 9.97 Å². The summed E-state index contributed by atoms with van der Waals surface area (Å²) in [6.07, 6.45) is 3.45. The van der Waals surface area contributed by atoms with E-state index in [9.17, 15) is 12.8 Å². The fraction of sp³-hybridized carbons (Fsp3) is 0.273. The summed E-state index contributed by atoms with van der Waals surface area (Å²) in [5.74, 6) is 1.20. The Balaban J connectivity index is 0.000000269. The first-order chi connectivity index (χ1) is 14.1. The second-order valence-corrected chi connectivity index (χ2v) is 9.04. The van der Waals surface area contributed by atoms with Gasteiger partial charge in [-0.05, 0) is 59.4 Å². The highest BCUT2D eigenvalue weighted by Crippen LogP contribution is 2.18. The number of halogens is 1. The van der Waals surface area contributed by atoms with Gasteiger partial charge in [0.25, 0.3) is 10.0 Å². The van der Waals surface area contributed by atoms with Crippen molar-refractivity contribution in [3.63, 3.8) is 0 Å². The van der Waals surface area contributed by atoms with Crippen molar-refractivity contribution in [2.24, 2.45) is 0 Å². The molecule has 0 fully saturated rings. The highest BCUT2D eigenvalue weighted by atomic mass is 32.2. The predicted octanol–water partition coefficient (Wildman–Crippen LogP) is 4.93. The van der Waals surface area contributed by atoms with Gasteiger partial charge in [-0.1, -0.05) is 39.8 Å². The van der Waals surface area contributed by atoms with Gasteiger partial charge in [0, 0.05) is 12.4 Å². The van der Waals surface area contributed by atoms with Gasteiger partial charge in [-0.25, -0.2) is 22.8 Å². The molecule has 0 atom stereocenters. The molecule has 8 heteroatoms. The van der Waals surface area contributed by atoms with E-state index in [4.69, 9.17) is 5.73 Å². The average molecular weight is 431 g/mol. The Morgan fingerprint density at radius 3 is 1.80 bits per heavy atom. The van der Waals surface area contributed by atoms with Crippen molar-refractivity contribution in [3.8, 4) is 0 Å². The molecule has 0 aliphatic heterocycles. The van der Waals surface area contributed by atoms with E-state index in [2.05, 4.69) is 28.5 Å². The first kappa shape index (κ1) is 23.3. The topological polar surface area (TPSA) is 98.0 Å². The zero-order valence-electron chi connectivity index (χ0n) is 17.5. The molecule has 0 saturated heterocycles. The predicted molar refractivity (Wildman–Crippen MR) is 118 cm³/mol. The summed E-state index contributed by atoms with van der Waals surface area (Å²) in [6.45, 7) is 8.32. The van der Waals surface area contributed by atoms with Gasteiger partial charge >= 0.3 is 0 Å². The molecule has 3 N–H and O–H groups in total. The van der Waals surface area contributed by atoms with E-state index in [1.807, 2.05) is 38.2 Å². The highest BCUT2D eigenvalue weighted by molar-refractivity contribution is 7.92. The number of anilines is 2. The number of nitrogens with zero attached hydrogens (tertiary/aromatic N) is 2. The van der Waals surface area contributed by atoms with Gasteiger partial charge in [-0.15, -0.1) is 0 Å². The summed E-state index contributed by atoms with van der Waals surface area (Å²) in [5.41, 5.74) is 7.67. The lowest BCUT2D eigenvalue weighted by atomic mass is 10.1. The van der Waals surface area contributed by atoms with Crippen LogP contribution < -0.4 is 10.5 Å². The fourth-order valence-electron chi connectivity index (χ4n) is 2.38. The summed E-state index contributed by atoms with van der Waals surface area (Å²) >= 11 is 0. The lowest BCUT2D eigenvalue weighted by molar-refractivity contribution is 0.599. The Hall–Kier alpha value is -3.00. The standard InChI is InChI=1S/C14H15FN2O2S.C8H12N2/c1-10(2)11-3-8-14(16-9-11)17-20(18,19)13-6-4-12(15)5-7-13;1-6(2)7-3-4-8(9)10-5-7/h3-10H,1-2H3,(H,16,17);3-6H,1-2H3,(H2,9,10). The molecule has 0 aliphatic carbocycles. The van der Waals surface area contributed by atoms with E-state index in [0.29, 0.717) is 17.7 Å². The third kappa shape index (κ3) is 6.81. The number of benzene rings is 1. The van der Waals surface area contributed by atoms with Gasteiger partial charge < -0.3 is 5.73 Å². The number of aromatic nitrogens is 2. The number of nitrogens with two attached hydrogens (primary N) is 1. The summed E-state index contributed by atoms with van der Waals surface area (Å²) in [6, 6.07) is 11.9. The van der Waals surface area contributed by atoms with Gasteiger partial charge in [-0.3, -0.25) is 4.72 Å². The van der Waals surface area contributed by atoms with Crippen LogP contribution in [-0.2, 0) is 10.0 Å². The van der Waals surface area contributed by atoms with E-state index >= 15 is 0 Å². The van der Waals surface area contributed by atoms with Crippen molar-refractivity contribution in [1.29, 1.82) is 0 Å². The Morgan fingerprint density at radius 1 is 0.833 bits per heavy atom. The number of nitrogens with one attached hydrogen (secondary N) is 1. The number of hydrogen-bond acceptors (Lipinski definition) is 5. The van der Waals surface area contributed by atoms with Gasteiger partial charge in [0.05, 0.1) is 4.90 Å². The van der Waals surface area contributed by atoms with Crippen LogP contribution in [-0.4, -0.2) is 18.4 Å². The molecule has 0 unspecified atom stereocenters. The van der Waals surface area contributed by atoms with Crippen LogP contribution in [0.4, 0.5) is 16.0 Å². The van der Waals surface area contributed by atoms with Crippen LogP contribution in [0.3, 0.4) is 0 Å². The molecule has 0 radical (unpaired) electrons. The van der Waals surface area contributed by atoms with Gasteiger partial charge in [0.2, 0.25) is 0 Å². The third-order valence-corrected chi connectivity index (χ3v) is 5.66. The summed E-state index contributed by atoms with van der Waals surface area (Å²) in [7, 11) is -3.74. The molecule has 6 nitrogen and oxygen atoms in total. The Bertz CT molecular complexity index is 1030. The molecular formula is C22H27FN4O2S. The number of hydrogen-bond donors (Lipinski definition) is 2. The van der Waals surface area contributed by atoms with Crippen LogP contribution in [0.25, 0.3) is 0 Å². The first-order valence-corrected chi connectivity index (χ1v) is 11.0. The monoisotopic (exact) mass is 430 g/mol. The van der Waals surface area contributed by atoms with Crippen molar-refractivity contribution >= 4 is 21.7 Å². The van der Waals surface area contributed by atoms with E-state index in [0.717, 1.165) is 17.7 Å². The van der Waals surface area contributed by atoms with Crippen LogP contribution in [0.5, 0.6) is 0 Å². The third-order valence-electron chi connectivity index (χ3n) is 4.29. The smallest absolute Gasteiger partial charge is 0.263 e. The molecule has 160 valence electrons. The maximum absolute atomic E-state index is 12.8. The molecule has 3 aromatic rings. The molecule has 0 spiro atoms.